The Morgan fingerprint density at radius 3 is 2.45 bits per heavy atom. The second-order valence-corrected chi connectivity index (χ2v) is 6.52. The minimum absolute atomic E-state index is 0.662. The van der Waals surface area contributed by atoms with Gasteiger partial charge in [0.25, 0.3) is 0 Å². The topological polar surface area (TPSA) is 40.5 Å². The molecular weight excluding hydrogens is 250 g/mol. The van der Waals surface area contributed by atoms with Crippen LogP contribution in [0.1, 0.15) is 44.7 Å². The zero-order valence-corrected chi connectivity index (χ0v) is 12.7. The summed E-state index contributed by atoms with van der Waals surface area (Å²) in [5, 5.41) is 9.42. The number of likely N-dealkylation sites (tertiary alicyclic amines) is 1. The van der Waals surface area contributed by atoms with Crippen LogP contribution in [-0.2, 0) is 17.8 Å². The molecule has 1 atom stereocenters. The van der Waals surface area contributed by atoms with E-state index in [9.17, 15) is 9.90 Å². The number of rotatable bonds is 5. The normalized spacial score (nSPS) is 23.4. The molecule has 0 saturated carbocycles. The van der Waals surface area contributed by atoms with Gasteiger partial charge in [0.05, 0.1) is 0 Å². The van der Waals surface area contributed by atoms with Crippen LogP contribution in [0.4, 0.5) is 0 Å². The fourth-order valence-electron chi connectivity index (χ4n) is 2.99. The molecule has 1 N–H and O–H groups in total. The molecule has 1 aliphatic rings. The molecule has 20 heavy (non-hydrogen) atoms. The first kappa shape index (κ1) is 15.0. The molecule has 0 aliphatic carbocycles. The van der Waals surface area contributed by atoms with Gasteiger partial charge in [0.1, 0.15) is 5.54 Å². The van der Waals surface area contributed by atoms with Gasteiger partial charge in [-0.1, -0.05) is 38.1 Å². The lowest BCUT2D eigenvalue weighted by atomic mass is 9.98. The zero-order chi connectivity index (χ0) is 14.8. The maximum absolute atomic E-state index is 11.5. The van der Waals surface area contributed by atoms with Gasteiger partial charge >= 0.3 is 5.97 Å². The summed E-state index contributed by atoms with van der Waals surface area (Å²) < 4.78 is 0. The Labute approximate surface area is 121 Å². The highest BCUT2D eigenvalue weighted by atomic mass is 16.4. The molecule has 2 rings (SSSR count). The van der Waals surface area contributed by atoms with E-state index in [1.807, 2.05) is 6.92 Å². The van der Waals surface area contributed by atoms with E-state index in [1.54, 1.807) is 0 Å². The standard InChI is InChI=1S/C17H25NO2/c1-13(2)11-14-5-7-15(8-6-14)12-18-10-4-9-17(18,3)16(19)20/h5-8,13H,4,9-12H2,1-3H3,(H,19,20). The average Bonchev–Trinajstić information content (AvgIpc) is 2.74. The Bertz CT molecular complexity index is 466. The van der Waals surface area contributed by atoms with Gasteiger partial charge in [0, 0.05) is 6.54 Å². The third-order valence-electron chi connectivity index (χ3n) is 4.29. The van der Waals surface area contributed by atoms with Crippen molar-refractivity contribution in [3.8, 4) is 0 Å². The highest BCUT2D eigenvalue weighted by Crippen LogP contribution is 2.30. The number of hydrogen-bond acceptors (Lipinski definition) is 2. The molecule has 1 saturated heterocycles. The molecule has 3 nitrogen and oxygen atoms in total. The van der Waals surface area contributed by atoms with Gasteiger partial charge in [-0.15, -0.1) is 0 Å². The Morgan fingerprint density at radius 2 is 1.90 bits per heavy atom. The number of carboxylic acids is 1. The van der Waals surface area contributed by atoms with Gasteiger partial charge in [-0.05, 0) is 49.8 Å². The quantitative estimate of drug-likeness (QED) is 0.896. The van der Waals surface area contributed by atoms with Crippen LogP contribution in [0, 0.1) is 5.92 Å². The second-order valence-electron chi connectivity index (χ2n) is 6.52. The Morgan fingerprint density at radius 1 is 1.30 bits per heavy atom. The van der Waals surface area contributed by atoms with Gasteiger partial charge in [-0.3, -0.25) is 9.69 Å². The number of hydrogen-bond donors (Lipinski definition) is 1. The van der Waals surface area contributed by atoms with Crippen LogP contribution in [0.2, 0.25) is 0 Å². The summed E-state index contributed by atoms with van der Waals surface area (Å²) in [6.45, 7) is 7.88. The molecule has 0 amide bonds. The minimum Gasteiger partial charge on any atom is -0.480 e. The van der Waals surface area contributed by atoms with E-state index in [0.29, 0.717) is 5.92 Å². The van der Waals surface area contributed by atoms with Crippen molar-refractivity contribution in [1.82, 2.24) is 4.90 Å². The van der Waals surface area contributed by atoms with Crippen LogP contribution >= 0.6 is 0 Å². The van der Waals surface area contributed by atoms with Crippen molar-refractivity contribution in [3.63, 3.8) is 0 Å². The lowest BCUT2D eigenvalue weighted by Crippen LogP contribution is -2.47. The molecule has 1 aromatic rings. The van der Waals surface area contributed by atoms with Gasteiger partial charge in [-0.2, -0.15) is 0 Å². The molecule has 1 unspecified atom stereocenters. The summed E-state index contributed by atoms with van der Waals surface area (Å²) in [5.41, 5.74) is 1.86. The van der Waals surface area contributed by atoms with E-state index in [4.69, 9.17) is 0 Å². The number of aliphatic carboxylic acids is 1. The monoisotopic (exact) mass is 275 g/mol. The van der Waals surface area contributed by atoms with E-state index >= 15 is 0 Å². The van der Waals surface area contributed by atoms with Crippen LogP contribution < -0.4 is 0 Å². The van der Waals surface area contributed by atoms with E-state index in [1.165, 1.54) is 11.1 Å². The third kappa shape index (κ3) is 3.21. The van der Waals surface area contributed by atoms with Crippen molar-refractivity contribution in [2.24, 2.45) is 5.92 Å². The predicted octanol–water partition coefficient (Wildman–Crippen LogP) is 3.32. The van der Waals surface area contributed by atoms with Crippen molar-refractivity contribution < 1.29 is 9.90 Å². The molecule has 0 radical (unpaired) electrons. The first-order valence-electron chi connectivity index (χ1n) is 7.48. The fraction of sp³-hybridized carbons (Fsp3) is 0.588. The molecule has 110 valence electrons. The first-order chi connectivity index (χ1) is 9.41. The lowest BCUT2D eigenvalue weighted by molar-refractivity contribution is -0.148. The van der Waals surface area contributed by atoms with Gasteiger partial charge in [-0.25, -0.2) is 0 Å². The summed E-state index contributed by atoms with van der Waals surface area (Å²) in [7, 11) is 0. The van der Waals surface area contributed by atoms with E-state index in [-0.39, 0.29) is 0 Å². The smallest absolute Gasteiger partial charge is 0.323 e. The largest absolute Gasteiger partial charge is 0.480 e. The molecule has 1 aromatic carbocycles. The van der Waals surface area contributed by atoms with Crippen LogP contribution in [0.5, 0.6) is 0 Å². The van der Waals surface area contributed by atoms with Crippen molar-refractivity contribution in [1.29, 1.82) is 0 Å². The van der Waals surface area contributed by atoms with Crippen LogP contribution in [0.15, 0.2) is 24.3 Å². The molecular formula is C17H25NO2. The Hall–Kier alpha value is -1.35. The van der Waals surface area contributed by atoms with Crippen molar-refractivity contribution in [2.75, 3.05) is 6.54 Å². The number of benzene rings is 1. The SMILES string of the molecule is CC(C)Cc1ccc(CN2CCCC2(C)C(=O)O)cc1. The Balaban J connectivity index is 2.04. The Kier molecular flexibility index (Phi) is 4.48. The molecule has 0 bridgehead atoms. The number of carboxylic acid groups (broad SMARTS) is 1. The van der Waals surface area contributed by atoms with Crippen LogP contribution in [-0.4, -0.2) is 28.1 Å². The minimum atomic E-state index is -0.702. The van der Waals surface area contributed by atoms with E-state index in [2.05, 4.69) is 43.0 Å². The summed E-state index contributed by atoms with van der Waals surface area (Å²) in [4.78, 5) is 13.5. The second kappa shape index (κ2) is 5.96. The zero-order valence-electron chi connectivity index (χ0n) is 12.7. The first-order valence-corrected chi connectivity index (χ1v) is 7.48. The van der Waals surface area contributed by atoms with Crippen LogP contribution in [0.25, 0.3) is 0 Å². The fourth-order valence-corrected chi connectivity index (χ4v) is 2.99. The van der Waals surface area contributed by atoms with E-state index in [0.717, 1.165) is 32.4 Å². The van der Waals surface area contributed by atoms with E-state index < -0.39 is 11.5 Å². The maximum Gasteiger partial charge on any atom is 0.323 e. The number of nitrogens with zero attached hydrogens (tertiary/aromatic N) is 1. The van der Waals surface area contributed by atoms with Crippen molar-refractivity contribution in [2.45, 2.75) is 52.1 Å². The molecule has 0 spiro atoms. The maximum atomic E-state index is 11.5. The third-order valence-corrected chi connectivity index (χ3v) is 4.29. The van der Waals surface area contributed by atoms with Crippen LogP contribution in [0.3, 0.4) is 0 Å². The van der Waals surface area contributed by atoms with Crippen molar-refractivity contribution in [3.05, 3.63) is 35.4 Å². The highest BCUT2D eigenvalue weighted by molar-refractivity contribution is 5.78. The molecule has 1 heterocycles. The van der Waals surface area contributed by atoms with Crippen molar-refractivity contribution >= 4 is 5.97 Å². The summed E-state index contributed by atoms with van der Waals surface area (Å²) in [6.07, 6.45) is 2.80. The predicted molar refractivity (Wildman–Crippen MR) is 80.7 cm³/mol. The summed E-state index contributed by atoms with van der Waals surface area (Å²) in [5.74, 6) is -0.0406. The number of carbonyl (C=O) groups is 1. The summed E-state index contributed by atoms with van der Waals surface area (Å²) in [6, 6.07) is 8.61. The average molecular weight is 275 g/mol. The summed E-state index contributed by atoms with van der Waals surface area (Å²) >= 11 is 0. The molecule has 3 heteroatoms. The van der Waals surface area contributed by atoms with Gasteiger partial charge < -0.3 is 5.11 Å². The highest BCUT2D eigenvalue weighted by Gasteiger charge is 2.42. The van der Waals surface area contributed by atoms with Gasteiger partial charge in [0.2, 0.25) is 0 Å². The van der Waals surface area contributed by atoms with Gasteiger partial charge in [0.15, 0.2) is 0 Å². The lowest BCUT2D eigenvalue weighted by Gasteiger charge is -2.31. The molecule has 1 aliphatic heterocycles. The molecule has 1 fully saturated rings. The molecule has 0 aromatic heterocycles.